The summed E-state index contributed by atoms with van der Waals surface area (Å²) in [5.74, 6) is 1.14. The molecule has 7 rings (SSSR count). The summed E-state index contributed by atoms with van der Waals surface area (Å²) in [6.07, 6.45) is 8.14. The van der Waals surface area contributed by atoms with Crippen molar-refractivity contribution in [1.29, 1.82) is 0 Å². The molecule has 0 radical (unpaired) electrons. The molecule has 4 aliphatic rings. The van der Waals surface area contributed by atoms with Gasteiger partial charge >= 0.3 is 6.03 Å². The van der Waals surface area contributed by atoms with Crippen molar-refractivity contribution in [1.82, 2.24) is 30.0 Å². The van der Waals surface area contributed by atoms with E-state index in [1.165, 1.54) is 0 Å². The summed E-state index contributed by atoms with van der Waals surface area (Å²) < 4.78 is 20.2. The minimum absolute atomic E-state index is 0.218. The zero-order valence-corrected chi connectivity index (χ0v) is 24.4. The second-order valence-electron chi connectivity index (χ2n) is 12.2. The molecule has 42 heavy (non-hydrogen) atoms. The van der Waals surface area contributed by atoms with E-state index >= 15 is 0 Å². The predicted molar refractivity (Wildman–Crippen MR) is 159 cm³/mol. The van der Waals surface area contributed by atoms with E-state index in [1.807, 2.05) is 49.5 Å². The maximum atomic E-state index is 12.3. The van der Waals surface area contributed by atoms with E-state index in [4.69, 9.17) is 29.3 Å². The molecule has 1 spiro atoms. The van der Waals surface area contributed by atoms with Crippen LogP contribution < -0.4 is 15.5 Å². The molecule has 224 valence electrons. The van der Waals surface area contributed by atoms with Gasteiger partial charge in [-0.1, -0.05) is 0 Å². The standard InChI is InChI=1S/C30H40N8O4/c1-36(2)14-13-31-29(39)33-21-5-3-20(4-6-21)26-34-27(37-18-23-7-8-24(19-37)42-23)25-17-32-38(28(25)35-26)22-9-11-30(12-10-22)40-15-16-41-30/h3-6,17,22-24H,7-16,18-19H2,1-2H3,(H2,31,33,39). The van der Waals surface area contributed by atoms with Gasteiger partial charge in [0, 0.05) is 50.3 Å². The molecule has 2 bridgehead atoms. The third kappa shape index (κ3) is 5.56. The van der Waals surface area contributed by atoms with Crippen LogP contribution in [-0.2, 0) is 14.2 Å². The number of nitrogens with zero attached hydrogens (tertiary/aromatic N) is 6. The van der Waals surface area contributed by atoms with Crippen molar-refractivity contribution < 1.29 is 19.0 Å². The molecule has 3 aliphatic heterocycles. The van der Waals surface area contributed by atoms with Gasteiger partial charge in [0.2, 0.25) is 0 Å². The number of aromatic nitrogens is 4. The molecule has 2 atom stereocenters. The number of anilines is 2. The lowest BCUT2D eigenvalue weighted by Gasteiger charge is -2.35. The van der Waals surface area contributed by atoms with E-state index in [9.17, 15) is 4.79 Å². The number of carbonyl (C=O) groups excluding carboxylic acids is 1. The van der Waals surface area contributed by atoms with Crippen molar-refractivity contribution in [2.75, 3.05) is 63.7 Å². The van der Waals surface area contributed by atoms with Gasteiger partial charge in [-0.05, 0) is 64.0 Å². The van der Waals surface area contributed by atoms with Gasteiger partial charge in [0.15, 0.2) is 17.3 Å². The van der Waals surface area contributed by atoms with Crippen LogP contribution in [0.1, 0.15) is 44.6 Å². The van der Waals surface area contributed by atoms with Crippen molar-refractivity contribution >= 4 is 28.6 Å². The Morgan fingerprint density at radius 1 is 1.02 bits per heavy atom. The highest BCUT2D eigenvalue weighted by atomic mass is 16.7. The van der Waals surface area contributed by atoms with Crippen molar-refractivity contribution in [2.45, 2.75) is 62.6 Å². The Kier molecular flexibility index (Phi) is 7.47. The third-order valence-corrected chi connectivity index (χ3v) is 8.90. The van der Waals surface area contributed by atoms with Crippen LogP contribution in [0.25, 0.3) is 22.4 Å². The summed E-state index contributed by atoms with van der Waals surface area (Å²) in [7, 11) is 3.95. The molecule has 1 saturated carbocycles. The number of hydrogen-bond acceptors (Lipinski definition) is 9. The molecule has 12 heteroatoms. The zero-order chi connectivity index (χ0) is 28.7. The fourth-order valence-corrected chi connectivity index (χ4v) is 6.68. The van der Waals surface area contributed by atoms with Gasteiger partial charge in [0.1, 0.15) is 5.82 Å². The van der Waals surface area contributed by atoms with E-state index < -0.39 is 5.79 Å². The predicted octanol–water partition coefficient (Wildman–Crippen LogP) is 3.40. The summed E-state index contributed by atoms with van der Waals surface area (Å²) in [6, 6.07) is 7.70. The number of fused-ring (bicyclic) bond motifs is 3. The normalized spacial score (nSPS) is 23.7. The van der Waals surface area contributed by atoms with Gasteiger partial charge in [0.25, 0.3) is 0 Å². The van der Waals surface area contributed by atoms with Crippen LogP contribution >= 0.6 is 0 Å². The Morgan fingerprint density at radius 2 is 1.74 bits per heavy atom. The first kappa shape index (κ1) is 27.5. The quantitative estimate of drug-likeness (QED) is 0.436. The first-order chi connectivity index (χ1) is 20.4. The minimum Gasteiger partial charge on any atom is -0.371 e. The van der Waals surface area contributed by atoms with E-state index in [2.05, 4.69) is 20.2 Å². The molecule has 1 aliphatic carbocycles. The van der Waals surface area contributed by atoms with Crippen molar-refractivity contribution in [3.8, 4) is 11.4 Å². The van der Waals surface area contributed by atoms with Gasteiger partial charge in [-0.2, -0.15) is 5.10 Å². The smallest absolute Gasteiger partial charge is 0.319 e. The molecule has 12 nitrogen and oxygen atoms in total. The highest BCUT2D eigenvalue weighted by Gasteiger charge is 2.41. The van der Waals surface area contributed by atoms with E-state index in [0.29, 0.717) is 31.3 Å². The van der Waals surface area contributed by atoms with Crippen LogP contribution in [0.15, 0.2) is 30.5 Å². The molecule has 1 aromatic carbocycles. The van der Waals surface area contributed by atoms with Crippen LogP contribution in [0.5, 0.6) is 0 Å². The molecular formula is C30H40N8O4. The number of hydrogen-bond donors (Lipinski definition) is 2. The number of morpholine rings is 1. The number of carbonyl (C=O) groups is 1. The highest BCUT2D eigenvalue weighted by molar-refractivity contribution is 5.90. The van der Waals surface area contributed by atoms with Crippen LogP contribution in [0, 0.1) is 0 Å². The Balaban J connectivity index is 1.17. The number of amides is 2. The number of benzene rings is 1. The lowest BCUT2D eigenvalue weighted by Crippen LogP contribution is -2.43. The molecule has 2 aromatic heterocycles. The second kappa shape index (κ2) is 11.4. The fourth-order valence-electron chi connectivity index (χ4n) is 6.68. The Hall–Kier alpha value is -3.32. The lowest BCUT2D eigenvalue weighted by atomic mass is 9.90. The molecule has 5 heterocycles. The van der Waals surface area contributed by atoms with E-state index in [1.54, 1.807) is 0 Å². The molecule has 2 N–H and O–H groups in total. The van der Waals surface area contributed by atoms with Gasteiger partial charge in [-0.15, -0.1) is 0 Å². The largest absolute Gasteiger partial charge is 0.371 e. The molecule has 3 saturated heterocycles. The summed E-state index contributed by atoms with van der Waals surface area (Å²) in [5, 5.41) is 11.6. The van der Waals surface area contributed by atoms with Crippen LogP contribution in [-0.4, -0.2) is 102 Å². The van der Waals surface area contributed by atoms with Crippen molar-refractivity contribution in [3.63, 3.8) is 0 Å². The minimum atomic E-state index is -0.420. The third-order valence-electron chi connectivity index (χ3n) is 8.90. The number of rotatable bonds is 7. The van der Waals surface area contributed by atoms with Gasteiger partial charge in [-0.3, -0.25) is 0 Å². The van der Waals surface area contributed by atoms with Crippen molar-refractivity contribution in [3.05, 3.63) is 30.5 Å². The molecule has 3 aromatic rings. The number of ether oxygens (including phenoxy) is 3. The average Bonchev–Trinajstić information content (AvgIpc) is 3.72. The first-order valence-corrected chi connectivity index (χ1v) is 15.2. The van der Waals surface area contributed by atoms with Crippen LogP contribution in [0.2, 0.25) is 0 Å². The fraction of sp³-hybridized carbons (Fsp3) is 0.600. The van der Waals surface area contributed by atoms with Gasteiger partial charge < -0.3 is 34.6 Å². The SMILES string of the molecule is CN(C)CCNC(=O)Nc1ccc(-c2nc(N3CC4CCC(C3)O4)c3cnn(C4CCC5(CC4)OCCO5)c3n2)cc1. The van der Waals surface area contributed by atoms with E-state index in [0.717, 1.165) is 80.6 Å². The molecule has 4 fully saturated rings. The Labute approximate surface area is 245 Å². The van der Waals surface area contributed by atoms with Crippen LogP contribution in [0.4, 0.5) is 16.3 Å². The first-order valence-electron chi connectivity index (χ1n) is 15.2. The Bertz CT molecular complexity index is 1400. The summed E-state index contributed by atoms with van der Waals surface area (Å²) in [6.45, 7) is 4.34. The maximum absolute atomic E-state index is 12.3. The molecule has 2 unspecified atom stereocenters. The average molecular weight is 577 g/mol. The van der Waals surface area contributed by atoms with E-state index in [-0.39, 0.29) is 24.3 Å². The zero-order valence-electron chi connectivity index (χ0n) is 24.4. The van der Waals surface area contributed by atoms with Gasteiger partial charge in [0.05, 0.1) is 43.0 Å². The van der Waals surface area contributed by atoms with Crippen LogP contribution in [0.3, 0.4) is 0 Å². The monoisotopic (exact) mass is 576 g/mol. The number of nitrogens with one attached hydrogen (secondary N) is 2. The summed E-state index contributed by atoms with van der Waals surface area (Å²) in [4.78, 5) is 26.9. The maximum Gasteiger partial charge on any atom is 0.319 e. The molecular weight excluding hydrogens is 536 g/mol. The Morgan fingerprint density at radius 3 is 2.43 bits per heavy atom. The summed E-state index contributed by atoms with van der Waals surface area (Å²) >= 11 is 0. The molecule has 2 amide bonds. The van der Waals surface area contributed by atoms with Gasteiger partial charge in [-0.25, -0.2) is 19.4 Å². The van der Waals surface area contributed by atoms with Crippen molar-refractivity contribution in [2.24, 2.45) is 0 Å². The number of urea groups is 1. The topological polar surface area (TPSA) is 119 Å². The number of likely N-dealkylation sites (N-methyl/N-ethyl adjacent to an activating group) is 1. The highest BCUT2D eigenvalue weighted by Crippen LogP contribution is 2.42. The lowest BCUT2D eigenvalue weighted by molar-refractivity contribution is -0.181. The summed E-state index contributed by atoms with van der Waals surface area (Å²) in [5.41, 5.74) is 2.45. The second-order valence-corrected chi connectivity index (χ2v) is 12.2.